The Kier molecular flexibility index (Phi) is 6.40. The van der Waals surface area contributed by atoms with E-state index in [-0.39, 0.29) is 0 Å². The van der Waals surface area contributed by atoms with E-state index in [2.05, 4.69) is 0 Å². The molecule has 0 saturated heterocycles. The zero-order valence-corrected chi connectivity index (χ0v) is 11.0. The van der Waals surface area contributed by atoms with E-state index in [1.165, 1.54) is 0 Å². The summed E-state index contributed by atoms with van der Waals surface area (Å²) in [5.41, 5.74) is 5.41. The third kappa shape index (κ3) is 6.12. The molecule has 0 aromatic heterocycles. The maximum absolute atomic E-state index is 5.61. The molecule has 1 aromatic carbocycles. The number of nitrogens with two attached hydrogens (primary N) is 1. The van der Waals surface area contributed by atoms with Crippen molar-refractivity contribution >= 4 is 17.2 Å². The minimum Gasteiger partial charge on any atom is -0.494 e. The van der Waals surface area contributed by atoms with E-state index in [1.54, 1.807) is 0 Å². The maximum Gasteiger partial charge on any atom is 0.122 e. The SMILES string of the molecule is CCOc1cccc(OCCCCC(N)=S)c1. The van der Waals surface area contributed by atoms with Crippen molar-refractivity contribution in [2.75, 3.05) is 13.2 Å². The van der Waals surface area contributed by atoms with Gasteiger partial charge in [0.05, 0.1) is 18.2 Å². The first-order valence-electron chi connectivity index (χ1n) is 5.86. The minimum atomic E-state index is 0.573. The van der Waals surface area contributed by atoms with Crippen molar-refractivity contribution in [3.05, 3.63) is 24.3 Å². The highest BCUT2D eigenvalue weighted by Crippen LogP contribution is 2.19. The van der Waals surface area contributed by atoms with Gasteiger partial charge in [0.1, 0.15) is 11.5 Å². The van der Waals surface area contributed by atoms with Crippen LogP contribution in [0.3, 0.4) is 0 Å². The van der Waals surface area contributed by atoms with Crippen molar-refractivity contribution in [2.24, 2.45) is 5.73 Å². The Morgan fingerprint density at radius 1 is 1.24 bits per heavy atom. The Balaban J connectivity index is 2.26. The summed E-state index contributed by atoms with van der Waals surface area (Å²) in [6, 6.07) is 7.67. The number of thiocarbonyl (C=S) groups is 1. The van der Waals surface area contributed by atoms with Crippen LogP contribution < -0.4 is 15.2 Å². The van der Waals surface area contributed by atoms with Crippen molar-refractivity contribution in [1.82, 2.24) is 0 Å². The van der Waals surface area contributed by atoms with E-state index in [4.69, 9.17) is 27.4 Å². The number of ether oxygens (including phenoxy) is 2. The molecule has 0 aliphatic carbocycles. The highest BCUT2D eigenvalue weighted by Gasteiger charge is 1.97. The molecule has 0 unspecified atom stereocenters. The van der Waals surface area contributed by atoms with Gasteiger partial charge in [-0.05, 0) is 38.3 Å². The van der Waals surface area contributed by atoms with Gasteiger partial charge < -0.3 is 15.2 Å². The van der Waals surface area contributed by atoms with Gasteiger partial charge in [-0.2, -0.15) is 0 Å². The fraction of sp³-hybridized carbons (Fsp3) is 0.462. The van der Waals surface area contributed by atoms with Crippen molar-refractivity contribution in [1.29, 1.82) is 0 Å². The van der Waals surface area contributed by atoms with E-state index >= 15 is 0 Å². The van der Waals surface area contributed by atoms with Crippen molar-refractivity contribution in [2.45, 2.75) is 26.2 Å². The van der Waals surface area contributed by atoms with Crippen LogP contribution in [0.25, 0.3) is 0 Å². The molecule has 2 N–H and O–H groups in total. The lowest BCUT2D eigenvalue weighted by molar-refractivity contribution is 0.301. The number of hydrogen-bond donors (Lipinski definition) is 1. The number of benzene rings is 1. The third-order valence-corrected chi connectivity index (χ3v) is 2.41. The topological polar surface area (TPSA) is 44.5 Å². The molecule has 0 saturated carbocycles. The molecule has 0 spiro atoms. The molecule has 0 bridgehead atoms. The zero-order valence-electron chi connectivity index (χ0n) is 10.1. The van der Waals surface area contributed by atoms with Crippen LogP contribution in [-0.2, 0) is 0 Å². The zero-order chi connectivity index (χ0) is 12.5. The molecular weight excluding hydrogens is 234 g/mol. The van der Waals surface area contributed by atoms with Gasteiger partial charge in [-0.25, -0.2) is 0 Å². The van der Waals surface area contributed by atoms with Gasteiger partial charge in [0.2, 0.25) is 0 Å². The van der Waals surface area contributed by atoms with E-state index in [9.17, 15) is 0 Å². The number of hydrogen-bond acceptors (Lipinski definition) is 3. The second kappa shape index (κ2) is 7.90. The predicted octanol–water partition coefficient (Wildman–Crippen LogP) is 2.92. The molecule has 0 fully saturated rings. The molecule has 0 amide bonds. The van der Waals surface area contributed by atoms with Crippen molar-refractivity contribution < 1.29 is 9.47 Å². The van der Waals surface area contributed by atoms with E-state index in [0.29, 0.717) is 18.2 Å². The van der Waals surface area contributed by atoms with Crippen LogP contribution in [0.5, 0.6) is 11.5 Å². The predicted molar refractivity (Wildman–Crippen MR) is 73.7 cm³/mol. The molecule has 0 radical (unpaired) electrons. The first-order chi connectivity index (χ1) is 8.22. The van der Waals surface area contributed by atoms with Gasteiger partial charge in [-0.1, -0.05) is 18.3 Å². The van der Waals surface area contributed by atoms with Gasteiger partial charge in [-0.3, -0.25) is 0 Å². The van der Waals surface area contributed by atoms with Crippen LogP contribution in [0.2, 0.25) is 0 Å². The lowest BCUT2D eigenvalue weighted by atomic mass is 10.2. The third-order valence-electron chi connectivity index (χ3n) is 2.20. The normalized spacial score (nSPS) is 9.94. The van der Waals surface area contributed by atoms with E-state index < -0.39 is 0 Å². The molecule has 3 nitrogen and oxygen atoms in total. The molecule has 0 atom stereocenters. The second-order valence-corrected chi connectivity index (χ2v) is 4.20. The number of rotatable bonds is 8. The summed E-state index contributed by atoms with van der Waals surface area (Å²) >= 11 is 4.81. The van der Waals surface area contributed by atoms with Crippen LogP contribution in [0.1, 0.15) is 26.2 Å². The molecule has 17 heavy (non-hydrogen) atoms. The average Bonchev–Trinajstić information content (AvgIpc) is 2.29. The van der Waals surface area contributed by atoms with Gasteiger partial charge in [-0.15, -0.1) is 0 Å². The second-order valence-electron chi connectivity index (χ2n) is 3.68. The molecule has 1 aromatic rings. The van der Waals surface area contributed by atoms with Crippen LogP contribution in [0.15, 0.2) is 24.3 Å². The van der Waals surface area contributed by atoms with Crippen LogP contribution >= 0.6 is 12.2 Å². The lowest BCUT2D eigenvalue weighted by Crippen LogP contribution is -2.08. The summed E-state index contributed by atoms with van der Waals surface area (Å²) in [7, 11) is 0. The lowest BCUT2D eigenvalue weighted by Gasteiger charge is -2.08. The molecule has 0 heterocycles. The first-order valence-corrected chi connectivity index (χ1v) is 6.27. The van der Waals surface area contributed by atoms with Gasteiger partial charge in [0, 0.05) is 6.07 Å². The van der Waals surface area contributed by atoms with E-state index in [1.807, 2.05) is 31.2 Å². The van der Waals surface area contributed by atoms with Gasteiger partial charge in [0.25, 0.3) is 0 Å². The van der Waals surface area contributed by atoms with E-state index in [0.717, 1.165) is 30.8 Å². The Labute approximate surface area is 108 Å². The summed E-state index contributed by atoms with van der Waals surface area (Å²) in [4.78, 5) is 0.573. The first kappa shape index (κ1) is 13.8. The number of unbranched alkanes of at least 4 members (excludes halogenated alkanes) is 1. The van der Waals surface area contributed by atoms with Crippen LogP contribution in [-0.4, -0.2) is 18.2 Å². The van der Waals surface area contributed by atoms with Gasteiger partial charge >= 0.3 is 0 Å². The van der Waals surface area contributed by atoms with Gasteiger partial charge in [0.15, 0.2) is 0 Å². The molecular formula is C13H19NO2S. The monoisotopic (exact) mass is 253 g/mol. The summed E-state index contributed by atoms with van der Waals surface area (Å²) in [5, 5.41) is 0. The van der Waals surface area contributed by atoms with Crippen molar-refractivity contribution in [3.8, 4) is 11.5 Å². The molecule has 4 heteroatoms. The standard InChI is InChI=1S/C13H19NO2S/c1-2-15-11-6-5-7-12(10-11)16-9-4-3-8-13(14)17/h5-7,10H,2-4,8-9H2,1H3,(H2,14,17). The Bertz CT molecular complexity index is 355. The average molecular weight is 253 g/mol. The minimum absolute atomic E-state index is 0.573. The van der Waals surface area contributed by atoms with Crippen LogP contribution in [0.4, 0.5) is 0 Å². The summed E-state index contributed by atoms with van der Waals surface area (Å²) in [6.07, 6.45) is 2.72. The highest BCUT2D eigenvalue weighted by molar-refractivity contribution is 7.80. The van der Waals surface area contributed by atoms with Crippen LogP contribution in [0, 0.1) is 0 Å². The quantitative estimate of drug-likeness (QED) is 0.571. The van der Waals surface area contributed by atoms with Crippen molar-refractivity contribution in [3.63, 3.8) is 0 Å². The highest BCUT2D eigenvalue weighted by atomic mass is 32.1. The summed E-state index contributed by atoms with van der Waals surface area (Å²) < 4.78 is 11.0. The fourth-order valence-corrected chi connectivity index (χ4v) is 1.56. The molecule has 0 aliphatic heterocycles. The largest absolute Gasteiger partial charge is 0.494 e. The maximum atomic E-state index is 5.61. The molecule has 0 aliphatic rings. The fourth-order valence-electron chi connectivity index (χ4n) is 1.41. The molecule has 94 valence electrons. The Hall–Kier alpha value is -1.29. The Morgan fingerprint density at radius 3 is 2.59 bits per heavy atom. The Morgan fingerprint density at radius 2 is 1.94 bits per heavy atom. The summed E-state index contributed by atoms with van der Waals surface area (Å²) in [6.45, 7) is 3.30. The molecule has 1 rings (SSSR count). The smallest absolute Gasteiger partial charge is 0.122 e. The summed E-state index contributed by atoms with van der Waals surface area (Å²) in [5.74, 6) is 1.68.